The Kier molecular flexibility index (Phi) is 5.40. The number of carboxylic acids is 1. The molecule has 1 aliphatic rings. The van der Waals surface area contributed by atoms with Crippen LogP contribution in [0.1, 0.15) is 26.2 Å². The fourth-order valence-electron chi connectivity index (χ4n) is 2.38. The number of carboxylic acid groups (broad SMARTS) is 1. The average molecular weight is 258 g/mol. The van der Waals surface area contributed by atoms with Crippen LogP contribution in [0, 0.1) is 5.41 Å². The first-order valence-corrected chi connectivity index (χ1v) is 6.31. The minimum atomic E-state index is -0.795. The van der Waals surface area contributed by atoms with Crippen LogP contribution in [-0.2, 0) is 9.53 Å². The summed E-state index contributed by atoms with van der Waals surface area (Å²) < 4.78 is 4.85. The van der Waals surface area contributed by atoms with Crippen molar-refractivity contribution in [3.8, 4) is 0 Å². The number of amides is 2. The molecular weight excluding hydrogens is 236 g/mol. The Morgan fingerprint density at radius 3 is 2.78 bits per heavy atom. The number of urea groups is 1. The first kappa shape index (κ1) is 14.8. The van der Waals surface area contributed by atoms with Crippen molar-refractivity contribution in [1.82, 2.24) is 10.2 Å². The molecule has 1 saturated heterocycles. The maximum absolute atomic E-state index is 11.8. The summed E-state index contributed by atoms with van der Waals surface area (Å²) in [5, 5.41) is 12.0. The van der Waals surface area contributed by atoms with Crippen molar-refractivity contribution in [2.45, 2.75) is 26.2 Å². The van der Waals surface area contributed by atoms with E-state index in [9.17, 15) is 14.7 Å². The molecule has 0 aliphatic carbocycles. The minimum Gasteiger partial charge on any atom is -0.481 e. The Labute approximate surface area is 107 Å². The zero-order valence-corrected chi connectivity index (χ0v) is 11.1. The van der Waals surface area contributed by atoms with Gasteiger partial charge in [-0.2, -0.15) is 0 Å². The van der Waals surface area contributed by atoms with Crippen LogP contribution in [0.5, 0.6) is 0 Å². The SMILES string of the molecule is CCCC1(C(=O)O)CCN(C(=O)NCCOC)C1. The smallest absolute Gasteiger partial charge is 0.317 e. The molecule has 0 bridgehead atoms. The fourth-order valence-corrected chi connectivity index (χ4v) is 2.38. The van der Waals surface area contributed by atoms with E-state index in [4.69, 9.17) is 4.74 Å². The van der Waals surface area contributed by atoms with Gasteiger partial charge in [0.2, 0.25) is 0 Å². The van der Waals surface area contributed by atoms with Gasteiger partial charge in [0, 0.05) is 26.7 Å². The summed E-state index contributed by atoms with van der Waals surface area (Å²) in [6, 6.07) is -0.203. The molecule has 1 unspecified atom stereocenters. The van der Waals surface area contributed by atoms with Crippen LogP contribution >= 0.6 is 0 Å². The van der Waals surface area contributed by atoms with E-state index in [1.54, 1.807) is 12.0 Å². The molecule has 2 amide bonds. The van der Waals surface area contributed by atoms with E-state index in [2.05, 4.69) is 5.32 Å². The summed E-state index contributed by atoms with van der Waals surface area (Å²) in [7, 11) is 1.57. The highest BCUT2D eigenvalue weighted by atomic mass is 16.5. The van der Waals surface area contributed by atoms with Crippen molar-refractivity contribution in [3.63, 3.8) is 0 Å². The second kappa shape index (κ2) is 6.58. The summed E-state index contributed by atoms with van der Waals surface area (Å²) >= 11 is 0. The molecule has 2 N–H and O–H groups in total. The number of carbonyl (C=O) groups excluding carboxylic acids is 1. The van der Waals surface area contributed by atoms with Gasteiger partial charge >= 0.3 is 12.0 Å². The molecule has 1 aliphatic heterocycles. The number of aliphatic carboxylic acids is 1. The highest BCUT2D eigenvalue weighted by Crippen LogP contribution is 2.35. The van der Waals surface area contributed by atoms with Gasteiger partial charge in [-0.15, -0.1) is 0 Å². The quantitative estimate of drug-likeness (QED) is 0.694. The molecule has 0 aromatic rings. The summed E-state index contributed by atoms with van der Waals surface area (Å²) in [4.78, 5) is 24.7. The molecule has 0 radical (unpaired) electrons. The summed E-state index contributed by atoms with van der Waals surface area (Å²) in [6.45, 7) is 3.67. The van der Waals surface area contributed by atoms with Gasteiger partial charge in [0.25, 0.3) is 0 Å². The Hall–Kier alpha value is -1.30. The normalized spacial score (nSPS) is 23.1. The Morgan fingerprint density at radius 2 is 2.22 bits per heavy atom. The lowest BCUT2D eigenvalue weighted by Gasteiger charge is -2.24. The Bertz CT molecular complexity index is 308. The highest BCUT2D eigenvalue weighted by Gasteiger charge is 2.45. The van der Waals surface area contributed by atoms with E-state index in [-0.39, 0.29) is 6.03 Å². The molecule has 0 aromatic heterocycles. The topological polar surface area (TPSA) is 78.9 Å². The van der Waals surface area contributed by atoms with Gasteiger partial charge in [-0.1, -0.05) is 13.3 Å². The lowest BCUT2D eigenvalue weighted by Crippen LogP contribution is -2.42. The van der Waals surface area contributed by atoms with Crippen LogP contribution in [0.25, 0.3) is 0 Å². The number of ether oxygens (including phenoxy) is 1. The average Bonchev–Trinajstić information content (AvgIpc) is 2.75. The van der Waals surface area contributed by atoms with Crippen LogP contribution < -0.4 is 5.32 Å². The predicted octanol–water partition coefficient (Wildman–Crippen LogP) is 0.919. The van der Waals surface area contributed by atoms with Gasteiger partial charge in [-0.25, -0.2) is 4.79 Å². The molecule has 6 heteroatoms. The van der Waals surface area contributed by atoms with Crippen LogP contribution in [0.15, 0.2) is 0 Å². The van der Waals surface area contributed by atoms with Gasteiger partial charge in [0.15, 0.2) is 0 Å². The number of carbonyl (C=O) groups is 2. The van der Waals surface area contributed by atoms with Gasteiger partial charge in [-0.3, -0.25) is 4.79 Å². The van der Waals surface area contributed by atoms with E-state index in [0.29, 0.717) is 39.1 Å². The fraction of sp³-hybridized carbons (Fsp3) is 0.833. The lowest BCUT2D eigenvalue weighted by molar-refractivity contribution is -0.148. The van der Waals surface area contributed by atoms with Crippen molar-refractivity contribution < 1.29 is 19.4 Å². The molecule has 6 nitrogen and oxygen atoms in total. The number of nitrogens with zero attached hydrogens (tertiary/aromatic N) is 1. The van der Waals surface area contributed by atoms with Crippen LogP contribution in [0.2, 0.25) is 0 Å². The summed E-state index contributed by atoms with van der Waals surface area (Å²) in [5.41, 5.74) is -0.757. The van der Waals surface area contributed by atoms with E-state index < -0.39 is 11.4 Å². The number of methoxy groups -OCH3 is 1. The first-order chi connectivity index (χ1) is 8.55. The molecule has 18 heavy (non-hydrogen) atoms. The van der Waals surface area contributed by atoms with Crippen LogP contribution in [-0.4, -0.2) is 55.4 Å². The lowest BCUT2D eigenvalue weighted by atomic mass is 9.83. The molecule has 0 aromatic carbocycles. The van der Waals surface area contributed by atoms with Gasteiger partial charge in [0.1, 0.15) is 0 Å². The second-order valence-electron chi connectivity index (χ2n) is 4.73. The van der Waals surface area contributed by atoms with Crippen molar-refractivity contribution in [1.29, 1.82) is 0 Å². The highest BCUT2D eigenvalue weighted by molar-refractivity contribution is 5.79. The zero-order valence-electron chi connectivity index (χ0n) is 11.1. The number of hydrogen-bond acceptors (Lipinski definition) is 3. The number of likely N-dealkylation sites (tertiary alicyclic amines) is 1. The molecule has 1 heterocycles. The van der Waals surface area contributed by atoms with Crippen molar-refractivity contribution in [2.75, 3.05) is 33.4 Å². The zero-order chi connectivity index (χ0) is 13.6. The molecule has 1 atom stereocenters. The Balaban J connectivity index is 2.52. The molecular formula is C12H22N2O4. The molecule has 1 rings (SSSR count). The minimum absolute atomic E-state index is 0.203. The number of hydrogen-bond donors (Lipinski definition) is 2. The molecule has 0 spiro atoms. The molecule has 0 saturated carbocycles. The maximum atomic E-state index is 11.8. The van der Waals surface area contributed by atoms with Gasteiger partial charge in [-0.05, 0) is 12.8 Å². The van der Waals surface area contributed by atoms with E-state index in [1.807, 2.05) is 6.92 Å². The van der Waals surface area contributed by atoms with Gasteiger partial charge in [0.05, 0.1) is 12.0 Å². The van der Waals surface area contributed by atoms with Gasteiger partial charge < -0.3 is 20.1 Å². The number of rotatable bonds is 6. The standard InChI is InChI=1S/C12H22N2O4/c1-3-4-12(10(15)16)5-7-14(9-12)11(17)13-6-8-18-2/h3-9H2,1-2H3,(H,13,17)(H,15,16). The third-order valence-corrected chi connectivity index (χ3v) is 3.41. The predicted molar refractivity (Wildman–Crippen MR) is 66.4 cm³/mol. The largest absolute Gasteiger partial charge is 0.481 e. The van der Waals surface area contributed by atoms with Crippen molar-refractivity contribution in [2.24, 2.45) is 5.41 Å². The molecule has 104 valence electrons. The van der Waals surface area contributed by atoms with Crippen molar-refractivity contribution in [3.05, 3.63) is 0 Å². The van der Waals surface area contributed by atoms with Crippen molar-refractivity contribution >= 4 is 12.0 Å². The second-order valence-corrected chi connectivity index (χ2v) is 4.73. The monoisotopic (exact) mass is 258 g/mol. The third kappa shape index (κ3) is 3.35. The third-order valence-electron chi connectivity index (χ3n) is 3.41. The van der Waals surface area contributed by atoms with E-state index in [1.165, 1.54) is 0 Å². The Morgan fingerprint density at radius 1 is 1.50 bits per heavy atom. The summed E-state index contributed by atoms with van der Waals surface area (Å²) in [5.74, 6) is -0.795. The van der Waals surface area contributed by atoms with E-state index in [0.717, 1.165) is 6.42 Å². The van der Waals surface area contributed by atoms with Crippen LogP contribution in [0.3, 0.4) is 0 Å². The van der Waals surface area contributed by atoms with E-state index >= 15 is 0 Å². The summed E-state index contributed by atoms with van der Waals surface area (Å²) in [6.07, 6.45) is 1.96. The first-order valence-electron chi connectivity index (χ1n) is 6.31. The maximum Gasteiger partial charge on any atom is 0.317 e. The number of nitrogens with one attached hydrogen (secondary N) is 1. The molecule has 1 fully saturated rings. The van der Waals surface area contributed by atoms with Crippen LogP contribution in [0.4, 0.5) is 4.79 Å².